The van der Waals surface area contributed by atoms with Gasteiger partial charge in [-0.1, -0.05) is 0 Å². The first-order valence-electron chi connectivity index (χ1n) is 11.3. The summed E-state index contributed by atoms with van der Waals surface area (Å²) >= 11 is 0. The lowest BCUT2D eigenvalue weighted by atomic mass is 9.70. The van der Waals surface area contributed by atoms with Crippen molar-refractivity contribution in [1.29, 1.82) is 0 Å². The van der Waals surface area contributed by atoms with Gasteiger partial charge in [-0.15, -0.1) is 0 Å². The molecule has 0 spiro atoms. The van der Waals surface area contributed by atoms with Crippen LogP contribution in [0.4, 0.5) is 18.0 Å². The van der Waals surface area contributed by atoms with Gasteiger partial charge in [0, 0.05) is 24.4 Å². The minimum Gasteiger partial charge on any atom is -0.461 e. The van der Waals surface area contributed by atoms with Crippen LogP contribution in [-0.2, 0) is 9.53 Å². The maximum absolute atomic E-state index is 14.5. The molecular formula is C25H24F3N3O3. The molecule has 2 heterocycles. The number of urea groups is 1. The number of nitrogens with one attached hydrogen (secondary N) is 3. The molecule has 3 N–H and O–H groups in total. The molecule has 2 amide bonds. The van der Waals surface area contributed by atoms with E-state index in [1.54, 1.807) is 19.1 Å². The minimum absolute atomic E-state index is 0.0236. The lowest BCUT2D eigenvalue weighted by Crippen LogP contribution is -2.46. The highest BCUT2D eigenvalue weighted by Crippen LogP contribution is 2.48. The van der Waals surface area contributed by atoms with Gasteiger partial charge in [-0.05, 0) is 73.1 Å². The van der Waals surface area contributed by atoms with E-state index >= 15 is 0 Å². The van der Waals surface area contributed by atoms with Crippen LogP contribution in [0.2, 0.25) is 0 Å². The summed E-state index contributed by atoms with van der Waals surface area (Å²) in [6.45, 7) is 2.19. The van der Waals surface area contributed by atoms with Gasteiger partial charge in [0.15, 0.2) is 0 Å². The van der Waals surface area contributed by atoms with Gasteiger partial charge >= 0.3 is 12.0 Å². The molecule has 1 aromatic heterocycles. The van der Waals surface area contributed by atoms with Crippen molar-refractivity contribution >= 4 is 22.9 Å². The van der Waals surface area contributed by atoms with Crippen LogP contribution in [0.1, 0.15) is 37.7 Å². The average Bonchev–Trinajstić information content (AvgIpc) is 3.27. The molecule has 0 bridgehead atoms. The van der Waals surface area contributed by atoms with Crippen molar-refractivity contribution in [3.8, 4) is 11.3 Å². The van der Waals surface area contributed by atoms with Crippen LogP contribution in [-0.4, -0.2) is 35.7 Å². The number of hydrogen-bond acceptors (Lipinski definition) is 3. The summed E-state index contributed by atoms with van der Waals surface area (Å²) in [5.74, 6) is -1.96. The number of carbonyl (C=O) groups is 2. The molecule has 6 nitrogen and oxygen atoms in total. The highest BCUT2D eigenvalue weighted by atomic mass is 19.1. The summed E-state index contributed by atoms with van der Waals surface area (Å²) < 4.78 is 47.0. The van der Waals surface area contributed by atoms with E-state index in [-0.39, 0.29) is 29.3 Å². The number of H-pyrrole nitrogens is 1. The monoisotopic (exact) mass is 471 g/mol. The van der Waals surface area contributed by atoms with Gasteiger partial charge in [0.1, 0.15) is 29.6 Å². The van der Waals surface area contributed by atoms with Gasteiger partial charge in [0.2, 0.25) is 0 Å². The second kappa shape index (κ2) is 8.70. The zero-order chi connectivity index (χ0) is 24.0. The van der Waals surface area contributed by atoms with E-state index in [0.717, 1.165) is 11.6 Å². The molecule has 1 saturated heterocycles. The number of benzene rings is 2. The van der Waals surface area contributed by atoms with Crippen LogP contribution in [0.3, 0.4) is 0 Å². The molecule has 0 radical (unpaired) electrons. The molecule has 2 fully saturated rings. The molecule has 9 heteroatoms. The summed E-state index contributed by atoms with van der Waals surface area (Å²) in [6, 6.07) is 6.95. The fraction of sp³-hybridized carbons (Fsp3) is 0.360. The number of carbonyl (C=O) groups excluding carboxylic acids is 2. The summed E-state index contributed by atoms with van der Waals surface area (Å²) in [6.07, 6.45) is 1.65. The van der Waals surface area contributed by atoms with Crippen molar-refractivity contribution in [3.63, 3.8) is 0 Å². The van der Waals surface area contributed by atoms with E-state index in [0.29, 0.717) is 42.5 Å². The van der Waals surface area contributed by atoms with Crippen LogP contribution < -0.4 is 10.6 Å². The van der Waals surface area contributed by atoms with E-state index in [4.69, 9.17) is 4.74 Å². The predicted octanol–water partition coefficient (Wildman–Crippen LogP) is 4.75. The van der Waals surface area contributed by atoms with Crippen molar-refractivity contribution in [2.45, 2.75) is 44.2 Å². The number of hydrogen-bond donors (Lipinski definition) is 3. The van der Waals surface area contributed by atoms with Crippen LogP contribution in [0, 0.1) is 23.4 Å². The lowest BCUT2D eigenvalue weighted by Gasteiger charge is -2.36. The van der Waals surface area contributed by atoms with Gasteiger partial charge in [0.05, 0.1) is 11.2 Å². The fourth-order valence-corrected chi connectivity index (χ4v) is 4.97. The quantitative estimate of drug-likeness (QED) is 0.470. The first-order chi connectivity index (χ1) is 16.3. The van der Waals surface area contributed by atoms with E-state index < -0.39 is 29.7 Å². The number of aromatic amines is 1. The Bertz CT molecular complexity index is 1250. The number of fused-ring (bicyclic) bond motifs is 1. The number of halogens is 3. The van der Waals surface area contributed by atoms with Crippen molar-refractivity contribution in [1.82, 2.24) is 15.6 Å². The second-order valence-corrected chi connectivity index (χ2v) is 9.16. The Hall–Kier alpha value is -3.49. The summed E-state index contributed by atoms with van der Waals surface area (Å²) in [4.78, 5) is 26.9. The van der Waals surface area contributed by atoms with Crippen molar-refractivity contribution in [2.75, 3.05) is 6.54 Å². The van der Waals surface area contributed by atoms with Crippen molar-refractivity contribution in [2.24, 2.45) is 5.92 Å². The Morgan fingerprint density at radius 3 is 2.50 bits per heavy atom. The topological polar surface area (TPSA) is 83.2 Å². The Labute approximate surface area is 193 Å². The molecule has 1 aliphatic carbocycles. The maximum Gasteiger partial charge on any atom is 0.329 e. The third-order valence-electron chi connectivity index (χ3n) is 6.67. The molecule has 178 valence electrons. The standard InChI is InChI=1S/C25H24F3N3O3/c1-12-6-20(24(32)34-12)30-25(33)29-11-13-7-15(8-13)21-18-9-17(27)10-19(28)23(18)31-22(21)14-2-4-16(26)5-3-14/h2-5,9-10,12-13,15,20,31H,6-8,11H2,1H3,(H2,29,30,33). The van der Waals surface area contributed by atoms with Crippen LogP contribution in [0.15, 0.2) is 36.4 Å². The van der Waals surface area contributed by atoms with E-state index in [1.807, 2.05) is 0 Å². The average molecular weight is 471 g/mol. The Kier molecular flexibility index (Phi) is 5.71. The molecule has 1 saturated carbocycles. The molecule has 3 aromatic rings. The van der Waals surface area contributed by atoms with E-state index in [2.05, 4.69) is 15.6 Å². The number of esters is 1. The highest BCUT2D eigenvalue weighted by Gasteiger charge is 2.36. The summed E-state index contributed by atoms with van der Waals surface area (Å²) in [5, 5.41) is 5.90. The third kappa shape index (κ3) is 4.22. The van der Waals surface area contributed by atoms with Crippen molar-refractivity contribution in [3.05, 3.63) is 59.4 Å². The van der Waals surface area contributed by atoms with Gasteiger partial charge in [0.25, 0.3) is 0 Å². The van der Waals surface area contributed by atoms with Crippen LogP contribution in [0.25, 0.3) is 22.2 Å². The molecular weight excluding hydrogens is 447 g/mol. The number of cyclic esters (lactones) is 1. The Balaban J connectivity index is 1.29. The van der Waals surface area contributed by atoms with Gasteiger partial charge in [-0.25, -0.2) is 22.8 Å². The Morgan fingerprint density at radius 2 is 1.82 bits per heavy atom. The molecule has 2 aliphatic rings. The van der Waals surface area contributed by atoms with Gasteiger partial charge in [-0.2, -0.15) is 0 Å². The largest absolute Gasteiger partial charge is 0.461 e. The third-order valence-corrected chi connectivity index (χ3v) is 6.67. The molecule has 5 rings (SSSR count). The lowest BCUT2D eigenvalue weighted by molar-refractivity contribution is -0.142. The van der Waals surface area contributed by atoms with Gasteiger partial charge in [-0.3, -0.25) is 0 Å². The smallest absolute Gasteiger partial charge is 0.329 e. The minimum atomic E-state index is -0.682. The molecule has 34 heavy (non-hydrogen) atoms. The zero-order valence-corrected chi connectivity index (χ0v) is 18.5. The Morgan fingerprint density at radius 1 is 1.09 bits per heavy atom. The number of ether oxygens (including phenoxy) is 1. The van der Waals surface area contributed by atoms with Crippen molar-refractivity contribution < 1.29 is 27.5 Å². The molecule has 2 aromatic carbocycles. The summed E-state index contributed by atoms with van der Waals surface area (Å²) in [5.41, 5.74) is 2.34. The first-order valence-corrected chi connectivity index (χ1v) is 11.3. The maximum atomic E-state index is 14.5. The molecule has 2 atom stereocenters. The number of aromatic nitrogens is 1. The highest BCUT2D eigenvalue weighted by molar-refractivity contribution is 5.92. The SMILES string of the molecule is CC1CC(NC(=O)NCC2CC(c3c(-c4ccc(F)cc4)[nH]c4c(F)cc(F)cc34)C2)C(=O)O1. The normalized spacial score (nSPS) is 24.1. The first kappa shape index (κ1) is 22.3. The fourth-order valence-electron chi connectivity index (χ4n) is 4.97. The zero-order valence-electron chi connectivity index (χ0n) is 18.5. The summed E-state index contributed by atoms with van der Waals surface area (Å²) in [7, 11) is 0. The van der Waals surface area contributed by atoms with Crippen LogP contribution in [0.5, 0.6) is 0 Å². The van der Waals surface area contributed by atoms with E-state index in [1.165, 1.54) is 18.2 Å². The molecule has 1 aliphatic heterocycles. The van der Waals surface area contributed by atoms with Crippen LogP contribution >= 0.6 is 0 Å². The number of rotatable bonds is 5. The molecule has 2 unspecified atom stereocenters. The number of amides is 2. The predicted molar refractivity (Wildman–Crippen MR) is 120 cm³/mol. The second-order valence-electron chi connectivity index (χ2n) is 9.16. The van der Waals surface area contributed by atoms with E-state index in [9.17, 15) is 22.8 Å². The van der Waals surface area contributed by atoms with Gasteiger partial charge < -0.3 is 20.4 Å².